The lowest BCUT2D eigenvalue weighted by Gasteiger charge is -2.13. The molecule has 0 saturated heterocycles. The normalized spacial score (nSPS) is 11.1. The van der Waals surface area contributed by atoms with Crippen molar-refractivity contribution in [2.75, 3.05) is 5.32 Å². The standard InChI is InChI=1S/C25H25N3O2S/c1-14-6-7-19(16(3)8-14)20-12-31-24-22(20)25(30)28(13-26-24)11-21(29)27-23-17(4)9-15(2)10-18(23)5/h6-10,12-13H,11H2,1-5H3,(H,27,29). The van der Waals surface area contributed by atoms with E-state index in [0.717, 1.165) is 39.1 Å². The summed E-state index contributed by atoms with van der Waals surface area (Å²) in [7, 11) is 0. The summed E-state index contributed by atoms with van der Waals surface area (Å²) in [4.78, 5) is 31.2. The van der Waals surface area contributed by atoms with Crippen LogP contribution >= 0.6 is 11.3 Å². The Morgan fingerprint density at radius 1 is 0.968 bits per heavy atom. The molecule has 0 unspecified atom stereocenters. The summed E-state index contributed by atoms with van der Waals surface area (Å²) in [6, 6.07) is 10.3. The van der Waals surface area contributed by atoms with Gasteiger partial charge in [-0.25, -0.2) is 4.98 Å². The van der Waals surface area contributed by atoms with Crippen molar-refractivity contribution in [3.8, 4) is 11.1 Å². The molecule has 0 aliphatic rings. The molecule has 4 aromatic rings. The van der Waals surface area contributed by atoms with E-state index in [9.17, 15) is 9.59 Å². The molecule has 0 bridgehead atoms. The molecule has 2 aromatic heterocycles. The molecule has 0 spiro atoms. The Bertz CT molecular complexity index is 1360. The van der Waals surface area contributed by atoms with Gasteiger partial charge in [0.25, 0.3) is 5.56 Å². The number of anilines is 1. The molecule has 0 radical (unpaired) electrons. The van der Waals surface area contributed by atoms with Gasteiger partial charge in [0.1, 0.15) is 11.4 Å². The van der Waals surface area contributed by atoms with Crippen molar-refractivity contribution in [1.82, 2.24) is 9.55 Å². The summed E-state index contributed by atoms with van der Waals surface area (Å²) in [5.74, 6) is -0.249. The van der Waals surface area contributed by atoms with Gasteiger partial charge in [0, 0.05) is 16.6 Å². The lowest BCUT2D eigenvalue weighted by molar-refractivity contribution is -0.116. The van der Waals surface area contributed by atoms with Crippen molar-refractivity contribution < 1.29 is 4.79 Å². The first-order valence-corrected chi connectivity index (χ1v) is 11.0. The number of benzene rings is 2. The van der Waals surface area contributed by atoms with Gasteiger partial charge in [-0.3, -0.25) is 14.2 Å². The molecule has 4 rings (SSSR count). The number of fused-ring (bicyclic) bond motifs is 1. The second-order valence-electron chi connectivity index (χ2n) is 8.15. The van der Waals surface area contributed by atoms with Gasteiger partial charge in [-0.05, 0) is 56.9 Å². The fraction of sp³-hybridized carbons (Fsp3) is 0.240. The third-order valence-electron chi connectivity index (χ3n) is 5.49. The van der Waals surface area contributed by atoms with E-state index in [1.54, 1.807) is 0 Å². The summed E-state index contributed by atoms with van der Waals surface area (Å²) >= 11 is 1.45. The summed E-state index contributed by atoms with van der Waals surface area (Å²) < 4.78 is 1.39. The minimum atomic E-state index is -0.249. The van der Waals surface area contributed by atoms with Crippen molar-refractivity contribution in [3.63, 3.8) is 0 Å². The van der Waals surface area contributed by atoms with Gasteiger partial charge >= 0.3 is 0 Å². The average Bonchev–Trinajstić information content (AvgIpc) is 3.11. The number of carbonyl (C=O) groups is 1. The van der Waals surface area contributed by atoms with Crippen LogP contribution in [0.4, 0.5) is 5.69 Å². The maximum atomic E-state index is 13.3. The van der Waals surface area contributed by atoms with E-state index in [0.29, 0.717) is 10.2 Å². The Balaban J connectivity index is 1.69. The summed E-state index contributed by atoms with van der Waals surface area (Å²) in [5, 5.41) is 5.50. The third-order valence-corrected chi connectivity index (χ3v) is 6.37. The van der Waals surface area contributed by atoms with Gasteiger partial charge < -0.3 is 5.32 Å². The van der Waals surface area contributed by atoms with Gasteiger partial charge in [0.15, 0.2) is 0 Å². The van der Waals surface area contributed by atoms with E-state index in [-0.39, 0.29) is 18.0 Å². The van der Waals surface area contributed by atoms with Gasteiger partial charge in [-0.1, -0.05) is 41.5 Å². The smallest absolute Gasteiger partial charge is 0.263 e. The second-order valence-corrected chi connectivity index (χ2v) is 9.01. The quantitative estimate of drug-likeness (QED) is 0.476. The molecule has 0 fully saturated rings. The molecule has 0 aliphatic heterocycles. The number of amides is 1. The maximum absolute atomic E-state index is 13.3. The summed E-state index contributed by atoms with van der Waals surface area (Å²) in [6.45, 7) is 9.97. The second kappa shape index (κ2) is 8.12. The fourth-order valence-corrected chi connectivity index (χ4v) is 5.00. The average molecular weight is 432 g/mol. The SMILES string of the molecule is Cc1ccc(-c2csc3ncn(CC(=O)Nc4c(C)cc(C)cc4C)c(=O)c23)c(C)c1. The van der Waals surface area contributed by atoms with Crippen LogP contribution in [0.5, 0.6) is 0 Å². The molecule has 5 nitrogen and oxygen atoms in total. The Hall–Kier alpha value is -3.25. The van der Waals surface area contributed by atoms with Crippen molar-refractivity contribution in [1.29, 1.82) is 0 Å². The molecule has 0 saturated carbocycles. The highest BCUT2D eigenvalue weighted by atomic mass is 32.1. The third kappa shape index (κ3) is 4.03. The number of aromatic nitrogens is 2. The van der Waals surface area contributed by atoms with E-state index in [2.05, 4.69) is 16.4 Å². The molecular formula is C25H25N3O2S. The number of hydrogen-bond donors (Lipinski definition) is 1. The highest BCUT2D eigenvalue weighted by Crippen LogP contribution is 2.33. The molecular weight excluding hydrogens is 406 g/mol. The highest BCUT2D eigenvalue weighted by Gasteiger charge is 2.16. The predicted octanol–water partition coefficient (Wildman–Crippen LogP) is 5.31. The highest BCUT2D eigenvalue weighted by molar-refractivity contribution is 7.17. The Morgan fingerprint density at radius 2 is 1.65 bits per heavy atom. The molecule has 31 heavy (non-hydrogen) atoms. The minimum Gasteiger partial charge on any atom is -0.324 e. The predicted molar refractivity (Wildman–Crippen MR) is 128 cm³/mol. The molecule has 1 N–H and O–H groups in total. The first kappa shape index (κ1) is 21.0. The van der Waals surface area contributed by atoms with Crippen LogP contribution in [-0.4, -0.2) is 15.5 Å². The minimum absolute atomic E-state index is 0.0866. The maximum Gasteiger partial charge on any atom is 0.263 e. The number of hydrogen-bond acceptors (Lipinski definition) is 4. The zero-order valence-corrected chi connectivity index (χ0v) is 19.2. The summed E-state index contributed by atoms with van der Waals surface area (Å²) in [5.41, 5.74) is 7.92. The molecule has 0 aliphatic carbocycles. The molecule has 2 heterocycles. The monoisotopic (exact) mass is 431 g/mol. The first-order chi connectivity index (χ1) is 14.7. The van der Waals surface area contributed by atoms with Crippen LogP contribution in [0.2, 0.25) is 0 Å². The number of rotatable bonds is 4. The van der Waals surface area contributed by atoms with Crippen LogP contribution in [0.3, 0.4) is 0 Å². The Morgan fingerprint density at radius 3 is 2.32 bits per heavy atom. The molecule has 0 atom stereocenters. The molecule has 2 aromatic carbocycles. The van der Waals surface area contributed by atoms with Gasteiger partial charge in [0.2, 0.25) is 5.91 Å². The van der Waals surface area contributed by atoms with E-state index in [1.165, 1.54) is 27.8 Å². The lowest BCUT2D eigenvalue weighted by Crippen LogP contribution is -2.28. The Labute approximate surface area is 185 Å². The van der Waals surface area contributed by atoms with Crippen molar-refractivity contribution in [2.45, 2.75) is 41.2 Å². The largest absolute Gasteiger partial charge is 0.324 e. The van der Waals surface area contributed by atoms with Crippen LogP contribution in [0.25, 0.3) is 21.3 Å². The molecule has 6 heteroatoms. The number of nitrogens with one attached hydrogen (secondary N) is 1. The van der Waals surface area contributed by atoms with Crippen LogP contribution in [0.1, 0.15) is 27.8 Å². The first-order valence-electron chi connectivity index (χ1n) is 10.2. The number of carbonyl (C=O) groups excluding carboxylic acids is 1. The van der Waals surface area contributed by atoms with E-state index >= 15 is 0 Å². The lowest BCUT2D eigenvalue weighted by atomic mass is 9.99. The van der Waals surface area contributed by atoms with Crippen LogP contribution < -0.4 is 10.9 Å². The topological polar surface area (TPSA) is 64.0 Å². The summed E-state index contributed by atoms with van der Waals surface area (Å²) in [6.07, 6.45) is 1.46. The number of aryl methyl sites for hydroxylation is 5. The Kier molecular flexibility index (Phi) is 5.50. The van der Waals surface area contributed by atoms with Gasteiger partial charge in [-0.15, -0.1) is 11.3 Å². The van der Waals surface area contributed by atoms with Crippen LogP contribution in [0, 0.1) is 34.6 Å². The molecule has 158 valence electrons. The van der Waals surface area contributed by atoms with Crippen LogP contribution in [0.15, 0.2) is 46.8 Å². The van der Waals surface area contributed by atoms with Crippen molar-refractivity contribution >= 4 is 33.1 Å². The zero-order chi connectivity index (χ0) is 22.3. The number of thiophene rings is 1. The number of nitrogens with zero attached hydrogens (tertiary/aromatic N) is 2. The van der Waals surface area contributed by atoms with Crippen molar-refractivity contribution in [3.05, 3.63) is 80.2 Å². The molecule has 1 amide bonds. The van der Waals surface area contributed by atoms with Crippen molar-refractivity contribution in [2.24, 2.45) is 0 Å². The van der Waals surface area contributed by atoms with Gasteiger partial charge in [0.05, 0.1) is 11.7 Å². The van der Waals surface area contributed by atoms with E-state index in [1.807, 2.05) is 64.3 Å². The fourth-order valence-electron chi connectivity index (χ4n) is 4.11. The zero-order valence-electron chi connectivity index (χ0n) is 18.4. The van der Waals surface area contributed by atoms with Crippen LogP contribution in [-0.2, 0) is 11.3 Å². The van der Waals surface area contributed by atoms with E-state index < -0.39 is 0 Å². The van der Waals surface area contributed by atoms with E-state index in [4.69, 9.17) is 0 Å². The van der Waals surface area contributed by atoms with Gasteiger partial charge in [-0.2, -0.15) is 0 Å².